The van der Waals surface area contributed by atoms with Gasteiger partial charge in [0.05, 0.1) is 0 Å². The van der Waals surface area contributed by atoms with E-state index in [9.17, 15) is 0 Å². The van der Waals surface area contributed by atoms with Crippen LogP contribution in [-0.4, -0.2) is 11.7 Å². The van der Waals surface area contributed by atoms with E-state index in [0.29, 0.717) is 6.61 Å². The molecule has 2 rings (SSSR count). The smallest absolute Gasteiger partial charge is 0.0433 e. The van der Waals surface area contributed by atoms with Crippen molar-refractivity contribution in [3.05, 3.63) is 35.9 Å². The van der Waals surface area contributed by atoms with Crippen molar-refractivity contribution in [3.63, 3.8) is 0 Å². The second kappa shape index (κ2) is 5.32. The first-order chi connectivity index (χ1) is 7.40. The third-order valence-electron chi connectivity index (χ3n) is 3.66. The van der Waals surface area contributed by atoms with Gasteiger partial charge in [-0.1, -0.05) is 30.3 Å². The van der Waals surface area contributed by atoms with Crippen molar-refractivity contribution < 1.29 is 5.11 Å². The van der Waals surface area contributed by atoms with Gasteiger partial charge in [0.25, 0.3) is 0 Å². The molecular weight excluding hydrogens is 184 g/mol. The molecule has 0 aromatic heterocycles. The number of rotatable bonds is 3. The minimum Gasteiger partial charge on any atom is -0.396 e. The number of aliphatic hydroxyl groups is 1. The highest BCUT2D eigenvalue weighted by atomic mass is 16.3. The molecule has 0 bridgehead atoms. The second-order valence-corrected chi connectivity index (χ2v) is 4.64. The molecule has 0 amide bonds. The van der Waals surface area contributed by atoms with Gasteiger partial charge in [-0.2, -0.15) is 0 Å². The highest BCUT2D eigenvalue weighted by Crippen LogP contribution is 2.36. The van der Waals surface area contributed by atoms with E-state index < -0.39 is 0 Å². The largest absolute Gasteiger partial charge is 0.396 e. The van der Waals surface area contributed by atoms with Crippen LogP contribution in [0.15, 0.2) is 30.3 Å². The summed E-state index contributed by atoms with van der Waals surface area (Å²) >= 11 is 0. The van der Waals surface area contributed by atoms with Crippen molar-refractivity contribution in [1.82, 2.24) is 0 Å². The average Bonchev–Trinajstić information content (AvgIpc) is 2.32. The molecule has 1 N–H and O–H groups in total. The molecule has 1 aromatic carbocycles. The molecular formula is C14H20O. The highest BCUT2D eigenvalue weighted by molar-refractivity contribution is 5.19. The van der Waals surface area contributed by atoms with Crippen LogP contribution in [0.5, 0.6) is 0 Å². The summed E-state index contributed by atoms with van der Waals surface area (Å²) in [6, 6.07) is 10.8. The molecule has 1 fully saturated rings. The summed E-state index contributed by atoms with van der Waals surface area (Å²) in [5.74, 6) is 1.54. The van der Waals surface area contributed by atoms with Crippen LogP contribution in [0.4, 0.5) is 0 Å². The summed E-state index contributed by atoms with van der Waals surface area (Å²) in [4.78, 5) is 0. The second-order valence-electron chi connectivity index (χ2n) is 4.64. The van der Waals surface area contributed by atoms with Crippen molar-refractivity contribution in [2.24, 2.45) is 5.92 Å². The van der Waals surface area contributed by atoms with Crippen LogP contribution < -0.4 is 0 Å². The molecule has 1 heteroatoms. The summed E-state index contributed by atoms with van der Waals surface area (Å²) < 4.78 is 0. The van der Waals surface area contributed by atoms with Gasteiger partial charge in [0, 0.05) is 6.61 Å². The van der Waals surface area contributed by atoms with Gasteiger partial charge >= 0.3 is 0 Å². The van der Waals surface area contributed by atoms with Gasteiger partial charge in [0.2, 0.25) is 0 Å². The lowest BCUT2D eigenvalue weighted by Gasteiger charge is -2.28. The Kier molecular flexibility index (Phi) is 3.79. The fourth-order valence-corrected chi connectivity index (χ4v) is 2.69. The van der Waals surface area contributed by atoms with Gasteiger partial charge in [0.1, 0.15) is 0 Å². The summed E-state index contributed by atoms with van der Waals surface area (Å²) in [6.07, 6.45) is 6.19. The molecule has 1 aliphatic carbocycles. The number of hydrogen-bond acceptors (Lipinski definition) is 1. The maximum absolute atomic E-state index is 8.90. The molecule has 1 saturated carbocycles. The van der Waals surface area contributed by atoms with E-state index in [1.165, 1.54) is 31.2 Å². The zero-order valence-corrected chi connectivity index (χ0v) is 9.23. The maximum Gasteiger partial charge on any atom is 0.0433 e. The third-order valence-corrected chi connectivity index (χ3v) is 3.66. The Morgan fingerprint density at radius 1 is 1.00 bits per heavy atom. The van der Waals surface area contributed by atoms with Crippen molar-refractivity contribution in [2.75, 3.05) is 6.61 Å². The van der Waals surface area contributed by atoms with Crippen LogP contribution >= 0.6 is 0 Å². The van der Waals surface area contributed by atoms with Crippen molar-refractivity contribution in [2.45, 2.75) is 38.0 Å². The normalized spacial score (nSPS) is 26.5. The van der Waals surface area contributed by atoms with E-state index in [2.05, 4.69) is 30.3 Å². The molecule has 0 heterocycles. The Labute approximate surface area is 92.1 Å². The quantitative estimate of drug-likeness (QED) is 0.800. The molecule has 0 aliphatic heterocycles. The first kappa shape index (κ1) is 10.7. The summed E-state index contributed by atoms with van der Waals surface area (Å²) in [5.41, 5.74) is 1.50. The van der Waals surface area contributed by atoms with Crippen LogP contribution in [0.2, 0.25) is 0 Å². The topological polar surface area (TPSA) is 20.2 Å². The van der Waals surface area contributed by atoms with Gasteiger partial charge in [0.15, 0.2) is 0 Å². The van der Waals surface area contributed by atoms with Crippen molar-refractivity contribution in [1.29, 1.82) is 0 Å². The molecule has 15 heavy (non-hydrogen) atoms. The Morgan fingerprint density at radius 2 is 1.67 bits per heavy atom. The Bertz CT molecular complexity index is 273. The molecule has 0 saturated heterocycles. The molecule has 82 valence electrons. The zero-order valence-electron chi connectivity index (χ0n) is 9.23. The molecule has 1 nitrogen and oxygen atoms in total. The van der Waals surface area contributed by atoms with Gasteiger partial charge < -0.3 is 5.11 Å². The monoisotopic (exact) mass is 204 g/mol. The van der Waals surface area contributed by atoms with E-state index >= 15 is 0 Å². The molecule has 0 spiro atoms. The summed E-state index contributed by atoms with van der Waals surface area (Å²) in [6.45, 7) is 0.362. The fourth-order valence-electron chi connectivity index (χ4n) is 2.69. The lowest BCUT2D eigenvalue weighted by molar-refractivity contribution is 0.222. The van der Waals surface area contributed by atoms with Gasteiger partial charge in [-0.3, -0.25) is 0 Å². The summed E-state index contributed by atoms with van der Waals surface area (Å²) in [7, 11) is 0. The third kappa shape index (κ3) is 2.82. The summed E-state index contributed by atoms with van der Waals surface area (Å²) in [5, 5.41) is 8.90. The molecule has 0 atom stereocenters. The highest BCUT2D eigenvalue weighted by Gasteiger charge is 2.21. The fraction of sp³-hybridized carbons (Fsp3) is 0.571. The molecule has 0 unspecified atom stereocenters. The van der Waals surface area contributed by atoms with Gasteiger partial charge in [-0.25, -0.2) is 0 Å². The van der Waals surface area contributed by atoms with E-state index in [1.54, 1.807) is 0 Å². The van der Waals surface area contributed by atoms with Crippen LogP contribution in [0.25, 0.3) is 0 Å². The number of aliphatic hydroxyl groups excluding tert-OH is 1. The number of hydrogen-bond donors (Lipinski definition) is 1. The molecule has 0 radical (unpaired) electrons. The zero-order chi connectivity index (χ0) is 10.5. The maximum atomic E-state index is 8.90. The van der Waals surface area contributed by atoms with E-state index in [1.807, 2.05) is 0 Å². The number of benzene rings is 1. The minimum atomic E-state index is 0.362. The lowest BCUT2D eigenvalue weighted by atomic mass is 9.78. The first-order valence-electron chi connectivity index (χ1n) is 6.06. The van der Waals surface area contributed by atoms with Crippen molar-refractivity contribution >= 4 is 0 Å². The Hall–Kier alpha value is -0.820. The van der Waals surface area contributed by atoms with Crippen LogP contribution in [0.3, 0.4) is 0 Å². The molecule has 1 aliphatic rings. The average molecular weight is 204 g/mol. The van der Waals surface area contributed by atoms with E-state index in [4.69, 9.17) is 5.11 Å². The van der Waals surface area contributed by atoms with Crippen LogP contribution in [0, 0.1) is 5.92 Å². The van der Waals surface area contributed by atoms with Crippen LogP contribution in [0.1, 0.15) is 43.6 Å². The minimum absolute atomic E-state index is 0.362. The van der Waals surface area contributed by atoms with Crippen molar-refractivity contribution in [3.8, 4) is 0 Å². The predicted molar refractivity (Wildman–Crippen MR) is 62.8 cm³/mol. The SMILES string of the molecule is OCC[C@H]1CC[C@H](c2ccccc2)CC1. The van der Waals surface area contributed by atoms with Gasteiger partial charge in [-0.15, -0.1) is 0 Å². The van der Waals surface area contributed by atoms with Crippen LogP contribution in [-0.2, 0) is 0 Å². The standard InChI is InChI=1S/C14H20O/c15-11-10-12-6-8-14(9-7-12)13-4-2-1-3-5-13/h1-5,12,14-15H,6-11H2/t12-,14-. The lowest BCUT2D eigenvalue weighted by Crippen LogP contribution is -2.14. The first-order valence-corrected chi connectivity index (χ1v) is 6.06. The Balaban J connectivity index is 1.88. The van der Waals surface area contributed by atoms with E-state index in [-0.39, 0.29) is 0 Å². The van der Waals surface area contributed by atoms with Gasteiger partial charge in [-0.05, 0) is 49.5 Å². The predicted octanol–water partition coefficient (Wildman–Crippen LogP) is 3.34. The Morgan fingerprint density at radius 3 is 2.27 bits per heavy atom. The van der Waals surface area contributed by atoms with E-state index in [0.717, 1.165) is 18.3 Å². The molecule has 1 aromatic rings.